The van der Waals surface area contributed by atoms with Gasteiger partial charge < -0.3 is 37.7 Å². The number of para-hydroxylation sites is 1. The van der Waals surface area contributed by atoms with E-state index in [2.05, 4.69) is 15.6 Å². The number of H-pyrrole nitrogens is 1. The Morgan fingerprint density at radius 2 is 1.36 bits per heavy atom. The van der Waals surface area contributed by atoms with Crippen LogP contribution in [0.25, 0.3) is 10.9 Å². The Kier molecular flexibility index (Phi) is 16.5. The van der Waals surface area contributed by atoms with Crippen molar-refractivity contribution in [3.63, 3.8) is 0 Å². The Morgan fingerprint density at radius 3 is 2.00 bits per heavy atom. The van der Waals surface area contributed by atoms with Crippen molar-refractivity contribution in [1.82, 2.24) is 20.5 Å². The molecular weight excluding hydrogens is 711 g/mol. The number of carbonyl (C=O) groups excluding carboxylic acids is 6. The number of carbonyl (C=O) groups is 6. The van der Waals surface area contributed by atoms with Crippen LogP contribution in [0.3, 0.4) is 0 Å². The van der Waals surface area contributed by atoms with Crippen molar-refractivity contribution >= 4 is 46.1 Å². The SMILES string of the molecule is C[C@H](N)C(=O)C[C@H](Cc1c[nH]c2ccccc12)C(=O)N[C@@H](C)C(=O)CN(Cc1ccccc1)C(=O)N[C@H](Cc1ccccc1)C(=O)C[C@@H](CCCCN)C(N)=O. The van der Waals surface area contributed by atoms with Crippen LogP contribution in [0.2, 0.25) is 0 Å². The molecule has 0 spiro atoms. The minimum absolute atomic E-state index is 0.0282. The number of ketones is 3. The molecule has 0 saturated carbocycles. The minimum Gasteiger partial charge on any atom is -0.369 e. The van der Waals surface area contributed by atoms with Crippen LogP contribution in [0.4, 0.5) is 4.79 Å². The first-order valence-electron chi connectivity index (χ1n) is 19.2. The van der Waals surface area contributed by atoms with Crippen LogP contribution >= 0.6 is 0 Å². The molecule has 298 valence electrons. The number of nitrogens with two attached hydrogens (primary N) is 3. The molecule has 0 aliphatic heterocycles. The van der Waals surface area contributed by atoms with Crippen LogP contribution in [0, 0.1) is 11.8 Å². The first kappa shape index (κ1) is 43.1. The first-order valence-corrected chi connectivity index (χ1v) is 19.2. The zero-order chi connectivity index (χ0) is 40.6. The minimum atomic E-state index is -1.03. The van der Waals surface area contributed by atoms with E-state index in [1.807, 2.05) is 91.1 Å². The second-order valence-electron chi connectivity index (χ2n) is 14.5. The number of fused-ring (bicyclic) bond motifs is 1. The van der Waals surface area contributed by atoms with E-state index in [1.54, 1.807) is 6.92 Å². The summed E-state index contributed by atoms with van der Waals surface area (Å²) in [5.41, 5.74) is 20.4. The van der Waals surface area contributed by atoms with Crippen molar-refractivity contribution in [1.29, 1.82) is 0 Å². The molecule has 1 aromatic heterocycles. The Morgan fingerprint density at radius 1 is 0.732 bits per heavy atom. The molecule has 3 aromatic carbocycles. The van der Waals surface area contributed by atoms with E-state index in [-0.39, 0.29) is 43.8 Å². The quantitative estimate of drug-likeness (QED) is 0.0609. The maximum Gasteiger partial charge on any atom is 0.318 e. The highest BCUT2D eigenvalue weighted by Gasteiger charge is 2.31. The van der Waals surface area contributed by atoms with Gasteiger partial charge >= 0.3 is 6.03 Å². The molecule has 0 aliphatic rings. The van der Waals surface area contributed by atoms with Gasteiger partial charge in [-0.25, -0.2) is 4.79 Å². The summed E-state index contributed by atoms with van der Waals surface area (Å²) in [5, 5.41) is 6.55. The van der Waals surface area contributed by atoms with E-state index in [0.717, 1.165) is 27.6 Å². The normalized spacial score (nSPS) is 13.9. The number of Topliss-reactive ketones (excluding diaryl/α,β-unsaturated/α-hetero) is 3. The Labute approximate surface area is 328 Å². The van der Waals surface area contributed by atoms with Crippen LogP contribution in [0.15, 0.2) is 91.1 Å². The Balaban J connectivity index is 1.53. The van der Waals surface area contributed by atoms with Gasteiger partial charge in [-0.1, -0.05) is 85.3 Å². The van der Waals surface area contributed by atoms with Crippen LogP contribution < -0.4 is 27.8 Å². The van der Waals surface area contributed by atoms with Crippen molar-refractivity contribution < 1.29 is 28.8 Å². The number of hydrogen-bond acceptors (Lipinski definition) is 8. The molecule has 1 heterocycles. The number of hydrogen-bond donors (Lipinski definition) is 6. The highest BCUT2D eigenvalue weighted by atomic mass is 16.2. The predicted molar refractivity (Wildman–Crippen MR) is 216 cm³/mol. The Hall–Kier alpha value is -5.66. The van der Waals surface area contributed by atoms with Gasteiger partial charge in [0.25, 0.3) is 0 Å². The molecule has 4 aromatic rings. The van der Waals surface area contributed by atoms with Gasteiger partial charge in [0.1, 0.15) is 5.78 Å². The zero-order valence-electron chi connectivity index (χ0n) is 32.2. The summed E-state index contributed by atoms with van der Waals surface area (Å²) in [4.78, 5) is 85.1. The number of amides is 4. The molecule has 13 heteroatoms. The number of unbranched alkanes of at least 4 members (excludes halogenated alkanes) is 1. The summed E-state index contributed by atoms with van der Waals surface area (Å²) < 4.78 is 0. The molecule has 0 aliphatic carbocycles. The van der Waals surface area contributed by atoms with Gasteiger partial charge in [0.15, 0.2) is 11.6 Å². The highest BCUT2D eigenvalue weighted by Crippen LogP contribution is 2.23. The molecule has 4 amide bonds. The van der Waals surface area contributed by atoms with Crippen LogP contribution in [-0.2, 0) is 43.4 Å². The summed E-state index contributed by atoms with van der Waals surface area (Å²) in [6, 6.07) is 22.4. The number of rotatable bonds is 23. The zero-order valence-corrected chi connectivity index (χ0v) is 32.2. The van der Waals surface area contributed by atoms with E-state index in [1.165, 1.54) is 11.8 Å². The number of nitrogens with zero attached hydrogens (tertiary/aromatic N) is 1. The van der Waals surface area contributed by atoms with Gasteiger partial charge in [0.05, 0.1) is 24.7 Å². The number of urea groups is 1. The van der Waals surface area contributed by atoms with Crippen molar-refractivity contribution in [3.05, 3.63) is 108 Å². The number of aromatic amines is 1. The molecule has 13 nitrogen and oxygen atoms in total. The fraction of sp³-hybridized carbons (Fsp3) is 0.395. The molecule has 0 fully saturated rings. The second kappa shape index (κ2) is 21.4. The van der Waals surface area contributed by atoms with Crippen LogP contribution in [0.1, 0.15) is 62.6 Å². The largest absolute Gasteiger partial charge is 0.369 e. The highest BCUT2D eigenvalue weighted by molar-refractivity contribution is 5.96. The average molecular weight is 766 g/mol. The second-order valence-corrected chi connectivity index (χ2v) is 14.5. The molecular formula is C43H55N7O6. The summed E-state index contributed by atoms with van der Waals surface area (Å²) in [6.45, 7) is 3.18. The van der Waals surface area contributed by atoms with Crippen molar-refractivity contribution in [2.45, 2.75) is 83.5 Å². The van der Waals surface area contributed by atoms with Gasteiger partial charge in [-0.3, -0.25) is 24.0 Å². The van der Waals surface area contributed by atoms with Crippen molar-refractivity contribution in [2.75, 3.05) is 13.1 Å². The van der Waals surface area contributed by atoms with E-state index in [4.69, 9.17) is 17.2 Å². The lowest BCUT2D eigenvalue weighted by molar-refractivity contribution is -0.132. The molecule has 0 saturated heterocycles. The maximum absolute atomic E-state index is 14.1. The van der Waals surface area contributed by atoms with E-state index in [0.29, 0.717) is 25.8 Å². The fourth-order valence-corrected chi connectivity index (χ4v) is 6.59. The monoisotopic (exact) mass is 765 g/mol. The third-order valence-corrected chi connectivity index (χ3v) is 9.99. The number of primary amides is 1. The van der Waals surface area contributed by atoms with Gasteiger partial charge in [0, 0.05) is 48.3 Å². The smallest absolute Gasteiger partial charge is 0.318 e. The molecule has 0 bridgehead atoms. The molecule has 56 heavy (non-hydrogen) atoms. The Bertz CT molecular complexity index is 1930. The van der Waals surface area contributed by atoms with Crippen LogP contribution in [0.5, 0.6) is 0 Å². The lowest BCUT2D eigenvalue weighted by Gasteiger charge is -2.28. The first-order chi connectivity index (χ1) is 26.9. The third-order valence-electron chi connectivity index (χ3n) is 9.99. The predicted octanol–water partition coefficient (Wildman–Crippen LogP) is 3.72. The molecule has 0 radical (unpaired) electrons. The number of aromatic nitrogens is 1. The third kappa shape index (κ3) is 13.0. The standard InChI is InChI=1S/C43H55N7O6/c1-28(45)38(51)24-33(22-34-25-47-36-19-10-9-18-35(34)36)42(55)48-29(2)40(53)27-50(26-31-15-7-4-8-16-31)43(56)49-37(21-30-13-5-3-6-14-30)39(52)23-32(41(46)54)17-11-12-20-44/h3-10,13-16,18-19,25,28-29,32-33,37,47H,11-12,17,20-24,26-27,44-45H2,1-2H3,(H2,46,54)(H,48,55)(H,49,56)/t28-,29-,32+,33-,37+/m0/s1. The van der Waals surface area contributed by atoms with Gasteiger partial charge in [-0.05, 0) is 68.8 Å². The molecule has 5 atom stereocenters. The number of benzene rings is 3. The summed E-state index contributed by atoms with van der Waals surface area (Å²) in [5.74, 6) is -3.74. The molecule has 4 rings (SSSR count). The lowest BCUT2D eigenvalue weighted by Crippen LogP contribution is -2.52. The summed E-state index contributed by atoms with van der Waals surface area (Å²) in [7, 11) is 0. The van der Waals surface area contributed by atoms with Gasteiger partial charge in [-0.2, -0.15) is 0 Å². The van der Waals surface area contributed by atoms with Gasteiger partial charge in [0.2, 0.25) is 11.8 Å². The lowest BCUT2D eigenvalue weighted by atomic mass is 9.91. The summed E-state index contributed by atoms with van der Waals surface area (Å²) in [6.07, 6.45) is 3.61. The topological polar surface area (TPSA) is 224 Å². The fourth-order valence-electron chi connectivity index (χ4n) is 6.59. The van der Waals surface area contributed by atoms with E-state index < -0.39 is 60.1 Å². The molecule has 9 N–H and O–H groups in total. The van der Waals surface area contributed by atoms with Crippen molar-refractivity contribution in [2.24, 2.45) is 29.0 Å². The van der Waals surface area contributed by atoms with Crippen molar-refractivity contribution in [3.8, 4) is 0 Å². The van der Waals surface area contributed by atoms with Gasteiger partial charge in [-0.15, -0.1) is 0 Å². The van der Waals surface area contributed by atoms with E-state index in [9.17, 15) is 28.8 Å². The molecule has 0 unspecified atom stereocenters. The number of nitrogens with one attached hydrogen (secondary N) is 3. The average Bonchev–Trinajstić information content (AvgIpc) is 3.59. The van der Waals surface area contributed by atoms with Crippen LogP contribution in [-0.4, -0.2) is 76.3 Å². The van der Waals surface area contributed by atoms with E-state index >= 15 is 0 Å². The summed E-state index contributed by atoms with van der Waals surface area (Å²) >= 11 is 0. The maximum atomic E-state index is 14.1.